The van der Waals surface area contributed by atoms with Crippen LogP contribution in [0, 0.1) is 0 Å². The van der Waals surface area contributed by atoms with Crippen LogP contribution in [0.1, 0.15) is 26.7 Å². The molecule has 0 saturated carbocycles. The highest BCUT2D eigenvalue weighted by molar-refractivity contribution is 6.23. The molecule has 0 aliphatic carbocycles. The van der Waals surface area contributed by atoms with Gasteiger partial charge in [0.1, 0.15) is 0 Å². The van der Waals surface area contributed by atoms with Crippen LogP contribution in [-0.4, -0.2) is 37.0 Å². The molecule has 0 rings (SSSR count). The molecule has 0 bridgehead atoms. The molecule has 0 heterocycles. The van der Waals surface area contributed by atoms with Crippen LogP contribution in [0.3, 0.4) is 0 Å². The topological polar surface area (TPSA) is 0 Å². The Morgan fingerprint density at radius 1 is 1.17 bits per heavy atom. The van der Waals surface area contributed by atoms with E-state index < -0.39 is 0 Å². The molecule has 1 nitrogen and oxygen atoms in total. The van der Waals surface area contributed by atoms with E-state index in [9.17, 15) is 0 Å². The van der Waals surface area contributed by atoms with Crippen molar-refractivity contribution < 1.29 is 28.5 Å². The monoisotopic (exact) mass is 305 g/mol. The van der Waals surface area contributed by atoms with Crippen LogP contribution in [-0.2, 0) is 0 Å². The first-order chi connectivity index (χ1) is 4.71. The van der Waals surface area contributed by atoms with Gasteiger partial charge >= 0.3 is 0 Å². The molecule has 0 amide bonds. The zero-order valence-electron chi connectivity index (χ0n) is 8.82. The van der Waals surface area contributed by atoms with E-state index in [1.54, 1.807) is 0 Å². The van der Waals surface area contributed by atoms with Gasteiger partial charge in [-0.1, -0.05) is 0 Å². The Labute approximate surface area is 99.1 Å². The summed E-state index contributed by atoms with van der Waals surface area (Å²) < 4.78 is 1.03. The van der Waals surface area contributed by atoms with Gasteiger partial charge in [-0.15, -0.1) is 11.6 Å². The van der Waals surface area contributed by atoms with Gasteiger partial charge in [0.15, 0.2) is 0 Å². The SMILES string of the molecule is CC(C)(Cl)CCC[N+](C)(C)C.[I-]. The Bertz CT molecular complexity index is 98.7. The van der Waals surface area contributed by atoms with Crippen molar-refractivity contribution in [3.63, 3.8) is 0 Å². The van der Waals surface area contributed by atoms with Gasteiger partial charge in [-0.2, -0.15) is 0 Å². The van der Waals surface area contributed by atoms with Crippen molar-refractivity contribution in [1.29, 1.82) is 0 Å². The number of hydrogen-bond acceptors (Lipinski definition) is 0. The van der Waals surface area contributed by atoms with Crippen LogP contribution in [0.25, 0.3) is 0 Å². The van der Waals surface area contributed by atoms with Gasteiger partial charge in [0.2, 0.25) is 0 Å². The minimum atomic E-state index is -0.0187. The standard InChI is InChI=1S/C9H21ClN.HI/c1-9(2,10)7-6-8-11(3,4)5;/h6-8H2,1-5H3;1H/q+1;/p-1. The second-order valence-electron chi connectivity index (χ2n) is 4.84. The molecule has 0 aliphatic rings. The molecule has 0 aromatic heterocycles. The third-order valence-corrected chi connectivity index (χ3v) is 1.79. The number of nitrogens with zero attached hydrogens (tertiary/aromatic N) is 1. The van der Waals surface area contributed by atoms with Crippen molar-refractivity contribution >= 4 is 11.6 Å². The Morgan fingerprint density at radius 3 is 1.83 bits per heavy atom. The van der Waals surface area contributed by atoms with Gasteiger partial charge in [0.05, 0.1) is 27.7 Å². The number of halogens is 2. The fourth-order valence-electron chi connectivity index (χ4n) is 0.974. The normalized spacial score (nSPS) is 12.5. The van der Waals surface area contributed by atoms with E-state index in [1.807, 2.05) is 0 Å². The smallest absolute Gasteiger partial charge is 0.0781 e. The first-order valence-electron chi connectivity index (χ1n) is 4.20. The summed E-state index contributed by atoms with van der Waals surface area (Å²) in [5, 5.41) is 0. The number of hydrogen-bond donors (Lipinski definition) is 0. The van der Waals surface area contributed by atoms with E-state index in [0.29, 0.717) is 0 Å². The largest absolute Gasteiger partial charge is 1.00 e. The van der Waals surface area contributed by atoms with Gasteiger partial charge < -0.3 is 28.5 Å². The second-order valence-corrected chi connectivity index (χ2v) is 5.86. The van der Waals surface area contributed by atoms with E-state index in [1.165, 1.54) is 13.0 Å². The van der Waals surface area contributed by atoms with Crippen LogP contribution in [0.5, 0.6) is 0 Å². The quantitative estimate of drug-likeness (QED) is 0.373. The predicted octanol–water partition coefficient (Wildman–Crippen LogP) is -0.506. The summed E-state index contributed by atoms with van der Waals surface area (Å²) in [4.78, 5) is -0.0187. The first kappa shape index (κ1) is 15.5. The van der Waals surface area contributed by atoms with E-state index in [0.717, 1.165) is 10.9 Å². The van der Waals surface area contributed by atoms with Crippen molar-refractivity contribution in [2.45, 2.75) is 31.6 Å². The molecular weight excluding hydrogens is 284 g/mol. The molecule has 0 N–H and O–H groups in total. The Balaban J connectivity index is 0. The highest BCUT2D eigenvalue weighted by Gasteiger charge is 2.15. The maximum atomic E-state index is 6.06. The molecule has 0 aromatic rings. The minimum Gasteiger partial charge on any atom is -1.00 e. The first-order valence-corrected chi connectivity index (χ1v) is 4.58. The number of quaternary nitrogens is 1. The lowest BCUT2D eigenvalue weighted by atomic mass is 10.1. The molecule has 76 valence electrons. The van der Waals surface area contributed by atoms with Crippen LogP contribution in [0.4, 0.5) is 0 Å². The molecule has 0 radical (unpaired) electrons. The number of rotatable bonds is 4. The molecule has 0 aliphatic heterocycles. The summed E-state index contributed by atoms with van der Waals surface area (Å²) in [6.07, 6.45) is 2.31. The van der Waals surface area contributed by atoms with E-state index in [2.05, 4.69) is 35.0 Å². The maximum Gasteiger partial charge on any atom is 0.0781 e. The summed E-state index contributed by atoms with van der Waals surface area (Å²) in [5.74, 6) is 0. The molecule has 12 heavy (non-hydrogen) atoms. The van der Waals surface area contributed by atoms with Crippen molar-refractivity contribution in [2.24, 2.45) is 0 Å². The Hall–Kier alpha value is 0.980. The summed E-state index contributed by atoms with van der Waals surface area (Å²) in [6, 6.07) is 0. The fourth-order valence-corrected chi connectivity index (χ4v) is 1.11. The maximum absolute atomic E-state index is 6.06. The molecule has 0 fully saturated rings. The van der Waals surface area contributed by atoms with Crippen molar-refractivity contribution in [3.05, 3.63) is 0 Å². The van der Waals surface area contributed by atoms with Crippen LogP contribution in [0.2, 0.25) is 0 Å². The fraction of sp³-hybridized carbons (Fsp3) is 1.00. The molecule has 0 aromatic carbocycles. The highest BCUT2D eigenvalue weighted by atomic mass is 127. The van der Waals surface area contributed by atoms with Gasteiger partial charge in [-0.05, 0) is 26.7 Å². The van der Waals surface area contributed by atoms with Crippen LogP contribution < -0.4 is 24.0 Å². The zero-order valence-corrected chi connectivity index (χ0v) is 11.7. The summed E-state index contributed by atoms with van der Waals surface area (Å²) in [5.41, 5.74) is 0. The highest BCUT2D eigenvalue weighted by Crippen LogP contribution is 2.19. The Kier molecular flexibility index (Phi) is 7.28. The number of alkyl halides is 1. The van der Waals surface area contributed by atoms with Crippen LogP contribution >= 0.6 is 11.6 Å². The molecule has 0 spiro atoms. The summed E-state index contributed by atoms with van der Waals surface area (Å²) in [7, 11) is 6.63. The average Bonchev–Trinajstić information content (AvgIpc) is 1.55. The third-order valence-electron chi connectivity index (χ3n) is 1.60. The minimum absolute atomic E-state index is 0. The third kappa shape index (κ3) is 13.6. The van der Waals surface area contributed by atoms with Gasteiger partial charge in [-0.25, -0.2) is 0 Å². The van der Waals surface area contributed by atoms with Gasteiger partial charge in [-0.3, -0.25) is 0 Å². The molecule has 3 heteroatoms. The Morgan fingerprint density at radius 2 is 1.58 bits per heavy atom. The molecular formula is C9H21ClIN. The molecule has 0 atom stereocenters. The predicted molar refractivity (Wildman–Crippen MR) is 52.1 cm³/mol. The van der Waals surface area contributed by atoms with E-state index in [-0.39, 0.29) is 28.9 Å². The second kappa shape index (κ2) is 5.66. The van der Waals surface area contributed by atoms with Gasteiger partial charge in [0.25, 0.3) is 0 Å². The lowest BCUT2D eigenvalue weighted by Crippen LogP contribution is -3.00. The van der Waals surface area contributed by atoms with Crippen molar-refractivity contribution in [2.75, 3.05) is 27.7 Å². The molecule has 0 saturated heterocycles. The van der Waals surface area contributed by atoms with Crippen LogP contribution in [0.15, 0.2) is 0 Å². The van der Waals surface area contributed by atoms with Crippen molar-refractivity contribution in [3.8, 4) is 0 Å². The average molecular weight is 306 g/mol. The van der Waals surface area contributed by atoms with Crippen molar-refractivity contribution in [1.82, 2.24) is 0 Å². The summed E-state index contributed by atoms with van der Waals surface area (Å²) >= 11 is 6.06. The zero-order chi connectivity index (χ0) is 9.12. The lowest BCUT2D eigenvalue weighted by Gasteiger charge is -2.25. The lowest BCUT2D eigenvalue weighted by molar-refractivity contribution is -0.870. The summed E-state index contributed by atoms with van der Waals surface area (Å²) in [6.45, 7) is 5.35. The molecule has 0 unspecified atom stereocenters. The van der Waals surface area contributed by atoms with Gasteiger partial charge in [0, 0.05) is 4.87 Å². The van der Waals surface area contributed by atoms with E-state index in [4.69, 9.17) is 11.6 Å². The van der Waals surface area contributed by atoms with E-state index >= 15 is 0 Å².